The maximum absolute atomic E-state index is 9.27. The Hall–Kier alpha value is -2.14. The SMILES string of the molecule is COc1cccc(CO)c1OCc1ncccn1. The van der Waals surface area contributed by atoms with E-state index in [0.29, 0.717) is 22.9 Å². The minimum absolute atomic E-state index is 0.109. The maximum Gasteiger partial charge on any atom is 0.167 e. The summed E-state index contributed by atoms with van der Waals surface area (Å²) < 4.78 is 10.8. The molecule has 0 saturated heterocycles. The molecule has 1 heterocycles. The van der Waals surface area contributed by atoms with Crippen LogP contribution in [0.4, 0.5) is 0 Å². The Balaban J connectivity index is 2.17. The molecule has 5 heteroatoms. The normalized spacial score (nSPS) is 10.1. The molecule has 5 nitrogen and oxygen atoms in total. The Morgan fingerprint density at radius 1 is 1.17 bits per heavy atom. The summed E-state index contributed by atoms with van der Waals surface area (Å²) in [6.07, 6.45) is 3.31. The number of nitrogens with zero attached hydrogens (tertiary/aromatic N) is 2. The molecule has 0 saturated carbocycles. The van der Waals surface area contributed by atoms with Gasteiger partial charge >= 0.3 is 0 Å². The third kappa shape index (κ3) is 2.75. The number of aliphatic hydroxyl groups excluding tert-OH is 1. The van der Waals surface area contributed by atoms with E-state index in [2.05, 4.69) is 9.97 Å². The Labute approximate surface area is 105 Å². The van der Waals surface area contributed by atoms with Crippen molar-refractivity contribution in [2.24, 2.45) is 0 Å². The second kappa shape index (κ2) is 5.97. The molecule has 2 rings (SSSR count). The van der Waals surface area contributed by atoms with Crippen LogP contribution in [0.15, 0.2) is 36.7 Å². The van der Waals surface area contributed by atoms with Crippen LogP contribution in [-0.2, 0) is 13.2 Å². The van der Waals surface area contributed by atoms with Crippen molar-refractivity contribution in [1.29, 1.82) is 0 Å². The van der Waals surface area contributed by atoms with E-state index in [4.69, 9.17) is 9.47 Å². The highest BCUT2D eigenvalue weighted by Crippen LogP contribution is 2.31. The summed E-state index contributed by atoms with van der Waals surface area (Å²) >= 11 is 0. The van der Waals surface area contributed by atoms with E-state index in [1.165, 1.54) is 0 Å². The van der Waals surface area contributed by atoms with Crippen molar-refractivity contribution in [3.63, 3.8) is 0 Å². The molecule has 0 aliphatic carbocycles. The van der Waals surface area contributed by atoms with Gasteiger partial charge in [0.2, 0.25) is 0 Å². The third-order valence-corrected chi connectivity index (χ3v) is 2.42. The molecule has 1 aromatic heterocycles. The summed E-state index contributed by atoms with van der Waals surface area (Å²) in [6.45, 7) is 0.121. The molecule has 0 amide bonds. The summed E-state index contributed by atoms with van der Waals surface area (Å²) in [7, 11) is 1.56. The summed E-state index contributed by atoms with van der Waals surface area (Å²) in [5.74, 6) is 1.68. The number of rotatable bonds is 5. The van der Waals surface area contributed by atoms with E-state index >= 15 is 0 Å². The zero-order chi connectivity index (χ0) is 12.8. The summed E-state index contributed by atoms with van der Waals surface area (Å²) in [5.41, 5.74) is 0.672. The van der Waals surface area contributed by atoms with Gasteiger partial charge in [-0.15, -0.1) is 0 Å². The van der Waals surface area contributed by atoms with Gasteiger partial charge in [-0.1, -0.05) is 12.1 Å². The summed E-state index contributed by atoms with van der Waals surface area (Å²) in [6, 6.07) is 7.10. The zero-order valence-corrected chi connectivity index (χ0v) is 10.0. The largest absolute Gasteiger partial charge is 0.493 e. The lowest BCUT2D eigenvalue weighted by Crippen LogP contribution is -2.04. The van der Waals surface area contributed by atoms with Crippen LogP contribution in [-0.4, -0.2) is 22.2 Å². The molecule has 0 unspecified atom stereocenters. The molecule has 1 N–H and O–H groups in total. The van der Waals surface area contributed by atoms with Gasteiger partial charge in [-0.2, -0.15) is 0 Å². The van der Waals surface area contributed by atoms with Gasteiger partial charge in [-0.3, -0.25) is 0 Å². The van der Waals surface area contributed by atoms with Gasteiger partial charge in [0.1, 0.15) is 6.61 Å². The van der Waals surface area contributed by atoms with Gasteiger partial charge in [-0.25, -0.2) is 9.97 Å². The Kier molecular flexibility index (Phi) is 4.09. The number of benzene rings is 1. The predicted octanol–water partition coefficient (Wildman–Crippen LogP) is 1.56. The van der Waals surface area contributed by atoms with E-state index in [-0.39, 0.29) is 13.2 Å². The van der Waals surface area contributed by atoms with Crippen molar-refractivity contribution in [3.05, 3.63) is 48.0 Å². The molecule has 0 radical (unpaired) electrons. The minimum Gasteiger partial charge on any atom is -0.493 e. The Bertz CT molecular complexity index is 481. The molecule has 1 aromatic carbocycles. The predicted molar refractivity (Wildman–Crippen MR) is 65.3 cm³/mol. The van der Waals surface area contributed by atoms with Crippen LogP contribution in [0.5, 0.6) is 11.5 Å². The number of hydrogen-bond acceptors (Lipinski definition) is 5. The van der Waals surface area contributed by atoms with Crippen LogP contribution in [0.1, 0.15) is 11.4 Å². The van der Waals surface area contributed by atoms with E-state index < -0.39 is 0 Å². The fraction of sp³-hybridized carbons (Fsp3) is 0.231. The second-order valence-corrected chi connectivity index (χ2v) is 3.56. The number of hydrogen-bond donors (Lipinski definition) is 1. The number of methoxy groups -OCH3 is 1. The number of aliphatic hydroxyl groups is 1. The van der Waals surface area contributed by atoms with Gasteiger partial charge < -0.3 is 14.6 Å². The molecule has 0 aliphatic heterocycles. The fourth-order valence-corrected chi connectivity index (χ4v) is 1.55. The first-order chi connectivity index (χ1) is 8.85. The molecule has 2 aromatic rings. The van der Waals surface area contributed by atoms with Crippen LogP contribution < -0.4 is 9.47 Å². The maximum atomic E-state index is 9.27. The van der Waals surface area contributed by atoms with Gasteiger partial charge in [0.25, 0.3) is 0 Å². The second-order valence-electron chi connectivity index (χ2n) is 3.56. The van der Waals surface area contributed by atoms with Crippen LogP contribution in [0.3, 0.4) is 0 Å². The molecular weight excluding hydrogens is 232 g/mol. The highest BCUT2D eigenvalue weighted by atomic mass is 16.5. The lowest BCUT2D eigenvalue weighted by molar-refractivity contribution is 0.246. The van der Waals surface area contributed by atoms with Crippen molar-refractivity contribution >= 4 is 0 Å². The van der Waals surface area contributed by atoms with Gasteiger partial charge in [-0.05, 0) is 12.1 Å². The molecular formula is C13H14N2O3. The number of ether oxygens (including phenoxy) is 2. The van der Waals surface area contributed by atoms with Crippen molar-refractivity contribution in [2.75, 3.05) is 7.11 Å². The van der Waals surface area contributed by atoms with Crippen molar-refractivity contribution in [1.82, 2.24) is 9.97 Å². The standard InChI is InChI=1S/C13H14N2O3/c1-17-11-5-2-4-10(8-16)13(11)18-9-12-14-6-3-7-15-12/h2-7,16H,8-9H2,1H3. The molecule has 0 atom stereocenters. The van der Waals surface area contributed by atoms with Crippen LogP contribution in [0, 0.1) is 0 Å². The lowest BCUT2D eigenvalue weighted by Gasteiger charge is -2.13. The van der Waals surface area contributed by atoms with Crippen LogP contribution in [0.2, 0.25) is 0 Å². The zero-order valence-electron chi connectivity index (χ0n) is 10.0. The highest BCUT2D eigenvalue weighted by molar-refractivity contribution is 5.46. The molecule has 94 valence electrons. The summed E-state index contributed by atoms with van der Waals surface area (Å²) in [5, 5.41) is 9.27. The average molecular weight is 246 g/mol. The monoisotopic (exact) mass is 246 g/mol. The van der Waals surface area contributed by atoms with Crippen molar-refractivity contribution in [3.8, 4) is 11.5 Å². The first-order valence-electron chi connectivity index (χ1n) is 5.50. The highest BCUT2D eigenvalue weighted by Gasteiger charge is 2.10. The summed E-state index contributed by atoms with van der Waals surface area (Å²) in [4.78, 5) is 8.13. The van der Waals surface area contributed by atoms with Crippen molar-refractivity contribution < 1.29 is 14.6 Å². The van der Waals surface area contributed by atoms with E-state index in [1.54, 1.807) is 43.8 Å². The Morgan fingerprint density at radius 2 is 1.94 bits per heavy atom. The van der Waals surface area contributed by atoms with Crippen LogP contribution in [0.25, 0.3) is 0 Å². The van der Waals surface area contributed by atoms with Crippen LogP contribution >= 0.6 is 0 Å². The first-order valence-corrected chi connectivity index (χ1v) is 5.50. The van der Waals surface area contributed by atoms with E-state index in [1.807, 2.05) is 0 Å². The molecule has 18 heavy (non-hydrogen) atoms. The van der Waals surface area contributed by atoms with E-state index in [0.717, 1.165) is 0 Å². The first kappa shape index (κ1) is 12.3. The average Bonchev–Trinajstić information content (AvgIpc) is 2.45. The molecule has 0 aliphatic rings. The molecule has 0 fully saturated rings. The Morgan fingerprint density at radius 3 is 2.61 bits per heavy atom. The van der Waals surface area contributed by atoms with Gasteiger partial charge in [0.05, 0.1) is 13.7 Å². The van der Waals surface area contributed by atoms with Crippen molar-refractivity contribution in [2.45, 2.75) is 13.2 Å². The topological polar surface area (TPSA) is 64.5 Å². The smallest absolute Gasteiger partial charge is 0.167 e. The van der Waals surface area contributed by atoms with E-state index in [9.17, 15) is 5.11 Å². The lowest BCUT2D eigenvalue weighted by atomic mass is 10.2. The minimum atomic E-state index is -0.109. The van der Waals surface area contributed by atoms with Gasteiger partial charge in [0, 0.05) is 18.0 Å². The molecule has 0 bridgehead atoms. The fourth-order valence-electron chi connectivity index (χ4n) is 1.55. The molecule has 0 spiro atoms. The van der Waals surface area contributed by atoms with Gasteiger partial charge in [0.15, 0.2) is 17.3 Å². The third-order valence-electron chi connectivity index (χ3n) is 2.42. The number of aromatic nitrogens is 2. The quantitative estimate of drug-likeness (QED) is 0.867. The number of para-hydroxylation sites is 1.